The van der Waals surface area contributed by atoms with Crippen molar-refractivity contribution in [2.45, 2.75) is 50.6 Å². The molecule has 1 aromatic carbocycles. The zero-order chi connectivity index (χ0) is 14.8. The maximum Gasteiger partial charge on any atom is 0.222 e. The molecular weight excluding hydrogens is 284 g/mol. The van der Waals surface area contributed by atoms with Crippen LogP contribution in [0.2, 0.25) is 5.02 Å². The van der Waals surface area contributed by atoms with Crippen LogP contribution in [-0.2, 0) is 4.79 Å². The van der Waals surface area contributed by atoms with Gasteiger partial charge < -0.3 is 10.2 Å². The summed E-state index contributed by atoms with van der Waals surface area (Å²) in [6, 6.07) is 9.17. The Labute approximate surface area is 131 Å². The highest BCUT2D eigenvalue weighted by molar-refractivity contribution is 6.30. The Morgan fingerprint density at radius 2 is 2.05 bits per heavy atom. The Balaban J connectivity index is 1.42. The maximum atomic E-state index is 11.6. The molecular formula is C17H23ClN2O. The molecule has 1 saturated carbocycles. The van der Waals surface area contributed by atoms with Crippen molar-refractivity contribution in [1.82, 2.24) is 10.2 Å². The van der Waals surface area contributed by atoms with E-state index in [9.17, 15) is 4.79 Å². The van der Waals surface area contributed by atoms with Crippen LogP contribution >= 0.6 is 11.6 Å². The second-order valence-corrected chi connectivity index (χ2v) is 6.86. The number of halogens is 1. The number of nitrogens with zero attached hydrogens (tertiary/aromatic N) is 1. The van der Waals surface area contributed by atoms with Crippen LogP contribution in [-0.4, -0.2) is 36.0 Å². The van der Waals surface area contributed by atoms with Gasteiger partial charge >= 0.3 is 0 Å². The van der Waals surface area contributed by atoms with E-state index in [1.807, 2.05) is 17.0 Å². The van der Waals surface area contributed by atoms with Crippen molar-refractivity contribution < 1.29 is 4.79 Å². The second kappa shape index (κ2) is 6.37. The van der Waals surface area contributed by atoms with Crippen LogP contribution < -0.4 is 5.32 Å². The Kier molecular flexibility index (Phi) is 4.51. The average Bonchev–Trinajstić information content (AvgIpc) is 2.80. The van der Waals surface area contributed by atoms with E-state index >= 15 is 0 Å². The zero-order valence-corrected chi connectivity index (χ0v) is 13.3. The fourth-order valence-corrected chi connectivity index (χ4v) is 3.57. The van der Waals surface area contributed by atoms with Gasteiger partial charge in [0.15, 0.2) is 0 Å². The minimum absolute atomic E-state index is 0.316. The molecule has 1 aromatic rings. The third-order valence-corrected chi connectivity index (χ3v) is 4.92. The number of hydrogen-bond acceptors (Lipinski definition) is 2. The minimum atomic E-state index is 0.316. The fraction of sp³-hybridized carbons (Fsp3) is 0.588. The lowest BCUT2D eigenvalue weighted by molar-refractivity contribution is -0.128. The maximum absolute atomic E-state index is 11.6. The first-order valence-corrected chi connectivity index (χ1v) is 8.29. The molecule has 2 aliphatic rings. The highest BCUT2D eigenvalue weighted by atomic mass is 35.5. The molecule has 1 saturated heterocycles. The van der Waals surface area contributed by atoms with Gasteiger partial charge in [0, 0.05) is 36.6 Å². The van der Waals surface area contributed by atoms with Gasteiger partial charge in [-0.05, 0) is 49.8 Å². The van der Waals surface area contributed by atoms with E-state index in [0.717, 1.165) is 31.0 Å². The molecule has 1 aliphatic carbocycles. The molecule has 0 radical (unpaired) electrons. The predicted molar refractivity (Wildman–Crippen MR) is 85.6 cm³/mol. The van der Waals surface area contributed by atoms with Crippen molar-refractivity contribution in [3.05, 3.63) is 34.9 Å². The lowest BCUT2D eigenvalue weighted by Crippen LogP contribution is -2.48. The lowest BCUT2D eigenvalue weighted by Gasteiger charge is -2.38. The number of likely N-dealkylation sites (tertiary alicyclic amines) is 1. The first-order valence-electron chi connectivity index (χ1n) is 7.91. The molecule has 0 bridgehead atoms. The molecule has 0 aromatic heterocycles. The molecule has 0 spiro atoms. The normalized spacial score (nSPS) is 26.8. The Morgan fingerprint density at radius 1 is 1.33 bits per heavy atom. The molecule has 1 aliphatic heterocycles. The highest BCUT2D eigenvalue weighted by Gasteiger charge is 2.31. The van der Waals surface area contributed by atoms with Gasteiger partial charge in [-0.1, -0.05) is 23.7 Å². The molecule has 1 N–H and O–H groups in total. The van der Waals surface area contributed by atoms with E-state index in [0.29, 0.717) is 23.9 Å². The summed E-state index contributed by atoms with van der Waals surface area (Å²) in [7, 11) is 0. The number of nitrogens with one attached hydrogen (secondary N) is 1. The molecule has 1 amide bonds. The number of benzene rings is 1. The summed E-state index contributed by atoms with van der Waals surface area (Å²) in [4.78, 5) is 13.6. The monoisotopic (exact) mass is 306 g/mol. The van der Waals surface area contributed by atoms with Crippen molar-refractivity contribution in [2.75, 3.05) is 13.1 Å². The second-order valence-electron chi connectivity index (χ2n) is 6.43. The number of amides is 1. The zero-order valence-electron chi connectivity index (χ0n) is 12.5. The topological polar surface area (TPSA) is 32.3 Å². The molecule has 114 valence electrons. The summed E-state index contributed by atoms with van der Waals surface area (Å²) < 4.78 is 0. The fourth-order valence-electron chi connectivity index (χ4n) is 3.44. The highest BCUT2D eigenvalue weighted by Crippen LogP contribution is 2.37. The number of carbonyl (C=O) groups excluding carboxylic acids is 1. The third-order valence-electron chi connectivity index (χ3n) is 4.67. The van der Waals surface area contributed by atoms with Gasteiger partial charge in [0.1, 0.15) is 0 Å². The molecule has 4 heteroatoms. The van der Waals surface area contributed by atoms with Crippen molar-refractivity contribution >= 4 is 17.5 Å². The largest absolute Gasteiger partial charge is 0.341 e. The summed E-state index contributed by atoms with van der Waals surface area (Å²) in [5, 5.41) is 4.46. The lowest BCUT2D eigenvalue weighted by atomic mass is 9.75. The van der Waals surface area contributed by atoms with Gasteiger partial charge in [-0.15, -0.1) is 0 Å². The Hall–Kier alpha value is -1.06. The Morgan fingerprint density at radius 3 is 2.67 bits per heavy atom. The summed E-state index contributed by atoms with van der Waals surface area (Å²) in [5.74, 6) is 0.969. The van der Waals surface area contributed by atoms with Crippen molar-refractivity contribution in [3.63, 3.8) is 0 Å². The van der Waals surface area contributed by atoms with Crippen molar-refractivity contribution in [3.8, 4) is 0 Å². The summed E-state index contributed by atoms with van der Waals surface area (Å²) in [6.07, 6.45) is 4.11. The average molecular weight is 307 g/mol. The van der Waals surface area contributed by atoms with E-state index in [2.05, 4.69) is 24.4 Å². The molecule has 1 unspecified atom stereocenters. The van der Waals surface area contributed by atoms with Crippen LogP contribution in [0, 0.1) is 0 Å². The molecule has 1 heterocycles. The summed E-state index contributed by atoms with van der Waals surface area (Å²) >= 11 is 5.92. The number of hydrogen-bond donors (Lipinski definition) is 1. The van der Waals surface area contributed by atoms with Gasteiger partial charge in [-0.2, -0.15) is 0 Å². The minimum Gasteiger partial charge on any atom is -0.341 e. The van der Waals surface area contributed by atoms with Crippen LogP contribution in [0.25, 0.3) is 0 Å². The first-order chi connectivity index (χ1) is 10.1. The third kappa shape index (κ3) is 3.58. The summed E-state index contributed by atoms with van der Waals surface area (Å²) in [6.45, 7) is 3.96. The molecule has 3 rings (SSSR count). The van der Waals surface area contributed by atoms with Crippen LogP contribution in [0.1, 0.15) is 44.1 Å². The first kappa shape index (κ1) is 14.9. The summed E-state index contributed by atoms with van der Waals surface area (Å²) in [5.41, 5.74) is 1.39. The van der Waals surface area contributed by atoms with E-state index < -0.39 is 0 Å². The van der Waals surface area contributed by atoms with Crippen LogP contribution in [0.5, 0.6) is 0 Å². The molecule has 21 heavy (non-hydrogen) atoms. The van der Waals surface area contributed by atoms with Crippen LogP contribution in [0.4, 0.5) is 0 Å². The van der Waals surface area contributed by atoms with Gasteiger partial charge in [-0.3, -0.25) is 4.79 Å². The molecule has 3 nitrogen and oxygen atoms in total. The van der Waals surface area contributed by atoms with Crippen LogP contribution in [0.3, 0.4) is 0 Å². The van der Waals surface area contributed by atoms with Crippen molar-refractivity contribution in [1.29, 1.82) is 0 Å². The standard InChI is InChI=1S/C17H23ClN2O/c1-12(11-20-8-2-3-17(20)21)19-16-9-14(10-16)13-4-6-15(18)7-5-13/h4-7,12,14,16,19H,2-3,8-11H2,1H3. The van der Waals surface area contributed by atoms with Gasteiger partial charge in [0.05, 0.1) is 0 Å². The number of rotatable bonds is 5. The van der Waals surface area contributed by atoms with E-state index in [1.165, 1.54) is 18.4 Å². The molecule has 1 atom stereocenters. The van der Waals surface area contributed by atoms with Gasteiger partial charge in [0.2, 0.25) is 5.91 Å². The van der Waals surface area contributed by atoms with E-state index in [1.54, 1.807) is 0 Å². The van der Waals surface area contributed by atoms with E-state index in [-0.39, 0.29) is 0 Å². The van der Waals surface area contributed by atoms with E-state index in [4.69, 9.17) is 11.6 Å². The quantitative estimate of drug-likeness (QED) is 0.906. The SMILES string of the molecule is CC(CN1CCCC1=O)NC1CC(c2ccc(Cl)cc2)C1. The smallest absolute Gasteiger partial charge is 0.222 e. The number of carbonyl (C=O) groups is 1. The van der Waals surface area contributed by atoms with Gasteiger partial charge in [-0.25, -0.2) is 0 Å². The van der Waals surface area contributed by atoms with Gasteiger partial charge in [0.25, 0.3) is 0 Å². The van der Waals surface area contributed by atoms with Crippen LogP contribution in [0.15, 0.2) is 24.3 Å². The Bertz CT molecular complexity index is 496. The predicted octanol–water partition coefficient (Wildman–Crippen LogP) is 3.19. The van der Waals surface area contributed by atoms with Crippen molar-refractivity contribution in [2.24, 2.45) is 0 Å². The molecule has 2 fully saturated rings.